The summed E-state index contributed by atoms with van der Waals surface area (Å²) in [6.45, 7) is 24.3. The number of allylic oxidation sites excluding steroid dienone is 3. The van der Waals surface area contributed by atoms with Crippen LogP contribution in [-0.4, -0.2) is 11.1 Å². The van der Waals surface area contributed by atoms with Gasteiger partial charge in [-0.05, 0) is 115 Å². The summed E-state index contributed by atoms with van der Waals surface area (Å²) >= 11 is 0. The van der Waals surface area contributed by atoms with Gasteiger partial charge in [0.05, 0.1) is 0 Å². The highest BCUT2D eigenvalue weighted by Gasteiger charge is 2.41. The first kappa shape index (κ1) is 44.1. The van der Waals surface area contributed by atoms with Gasteiger partial charge in [0.15, 0.2) is 0 Å². The quantitative estimate of drug-likeness (QED) is 0.0972. The maximum atomic E-state index is 3.49. The molecule has 0 amide bonds. The van der Waals surface area contributed by atoms with Crippen LogP contribution in [0.1, 0.15) is 110 Å². The average Bonchev–Trinajstić information content (AvgIpc) is 3.71. The summed E-state index contributed by atoms with van der Waals surface area (Å²) in [5.74, 6) is 0. The number of hydrogen-bond acceptors (Lipinski definition) is 1. The first-order valence-corrected chi connectivity index (χ1v) is 21.3. The van der Waals surface area contributed by atoms with Crippen molar-refractivity contribution >= 4 is 23.1 Å². The van der Waals surface area contributed by atoms with Crippen LogP contribution in [0.2, 0.25) is 0 Å². The van der Waals surface area contributed by atoms with E-state index in [0.717, 1.165) is 13.1 Å². The SMILES string of the molecule is C/C=C\c1c(/C=C\C)n(CCCCC)c2ccc(-c3cccc(-c4cccc5c4-c4ccccc4C5(C)c4ccccc4)c3)cc12.C=CNC/C=C\C.CC.CC. The maximum absolute atomic E-state index is 3.49. The van der Waals surface area contributed by atoms with E-state index in [2.05, 4.69) is 184 Å². The van der Waals surface area contributed by atoms with Crippen molar-refractivity contribution in [3.05, 3.63) is 180 Å². The molecule has 57 heavy (non-hydrogen) atoms. The summed E-state index contributed by atoms with van der Waals surface area (Å²) in [7, 11) is 0. The first-order chi connectivity index (χ1) is 28.0. The smallest absolute Gasteiger partial charge is 0.0491 e. The summed E-state index contributed by atoms with van der Waals surface area (Å²) < 4.78 is 2.52. The molecule has 2 nitrogen and oxygen atoms in total. The Hall–Kier alpha value is -5.60. The van der Waals surface area contributed by atoms with Crippen molar-refractivity contribution in [2.75, 3.05) is 6.54 Å². The average molecular weight is 755 g/mol. The van der Waals surface area contributed by atoms with E-state index in [9.17, 15) is 0 Å². The van der Waals surface area contributed by atoms with Crippen LogP contribution in [-0.2, 0) is 12.0 Å². The molecule has 0 saturated carbocycles. The summed E-state index contributed by atoms with van der Waals surface area (Å²) in [5, 5.41) is 4.24. The van der Waals surface area contributed by atoms with Crippen molar-refractivity contribution in [3.63, 3.8) is 0 Å². The number of nitrogens with one attached hydrogen (secondary N) is 1. The lowest BCUT2D eigenvalue weighted by molar-refractivity contribution is 0.613. The predicted molar refractivity (Wildman–Crippen MR) is 255 cm³/mol. The number of rotatable bonds is 12. The molecular weight excluding hydrogens is 689 g/mol. The van der Waals surface area contributed by atoms with Gasteiger partial charge in [-0.25, -0.2) is 0 Å². The van der Waals surface area contributed by atoms with Gasteiger partial charge < -0.3 is 9.88 Å². The van der Waals surface area contributed by atoms with Crippen LogP contribution in [0.15, 0.2) is 152 Å². The Bertz CT molecular complexity index is 2260. The molecule has 0 aliphatic heterocycles. The molecule has 1 atom stereocenters. The molecule has 2 heteroatoms. The Kier molecular flexibility index (Phi) is 17.2. The van der Waals surface area contributed by atoms with Gasteiger partial charge in [0.25, 0.3) is 0 Å². The molecule has 7 rings (SSSR count). The van der Waals surface area contributed by atoms with Gasteiger partial charge in [-0.15, -0.1) is 0 Å². The number of unbranched alkanes of at least 4 members (excludes halogenated alkanes) is 2. The minimum atomic E-state index is -0.204. The summed E-state index contributed by atoms with van der Waals surface area (Å²) in [6, 6.07) is 43.0. The third-order valence-electron chi connectivity index (χ3n) is 10.6. The molecule has 1 heterocycles. The lowest BCUT2D eigenvalue weighted by Crippen LogP contribution is -2.22. The van der Waals surface area contributed by atoms with E-state index >= 15 is 0 Å². The van der Waals surface area contributed by atoms with Gasteiger partial charge in [0, 0.05) is 40.7 Å². The second-order valence-corrected chi connectivity index (χ2v) is 13.9. The Labute approximate surface area is 345 Å². The first-order valence-electron chi connectivity index (χ1n) is 21.3. The monoisotopic (exact) mass is 755 g/mol. The Morgan fingerprint density at radius 3 is 2.00 bits per heavy atom. The van der Waals surface area contributed by atoms with E-state index in [4.69, 9.17) is 0 Å². The Morgan fingerprint density at radius 1 is 0.649 bits per heavy atom. The molecule has 0 radical (unpaired) electrons. The van der Waals surface area contributed by atoms with E-state index in [0.29, 0.717) is 0 Å². The van der Waals surface area contributed by atoms with E-state index in [1.165, 1.54) is 91.5 Å². The largest absolute Gasteiger partial charge is 0.388 e. The van der Waals surface area contributed by atoms with Crippen LogP contribution in [0.5, 0.6) is 0 Å². The molecule has 0 fully saturated rings. The molecule has 5 aromatic carbocycles. The van der Waals surface area contributed by atoms with E-state index in [1.807, 2.05) is 46.8 Å². The van der Waals surface area contributed by atoms with Crippen LogP contribution in [0, 0.1) is 0 Å². The molecule has 6 aromatic rings. The van der Waals surface area contributed by atoms with E-state index in [1.54, 1.807) is 6.20 Å². The zero-order chi connectivity index (χ0) is 41.2. The minimum Gasteiger partial charge on any atom is -0.388 e. The zero-order valence-corrected chi connectivity index (χ0v) is 36.2. The van der Waals surface area contributed by atoms with E-state index in [-0.39, 0.29) is 5.41 Å². The van der Waals surface area contributed by atoms with Crippen LogP contribution < -0.4 is 5.32 Å². The fourth-order valence-corrected chi connectivity index (χ4v) is 8.02. The molecule has 1 aromatic heterocycles. The normalized spacial score (nSPS) is 14.0. The van der Waals surface area contributed by atoms with Crippen molar-refractivity contribution in [1.29, 1.82) is 0 Å². The third-order valence-corrected chi connectivity index (χ3v) is 10.6. The molecule has 296 valence electrons. The van der Waals surface area contributed by atoms with Crippen LogP contribution >= 0.6 is 0 Å². The molecule has 1 aliphatic rings. The van der Waals surface area contributed by atoms with Gasteiger partial charge in [-0.2, -0.15) is 0 Å². The van der Waals surface area contributed by atoms with Crippen molar-refractivity contribution in [2.45, 2.75) is 93.5 Å². The zero-order valence-electron chi connectivity index (χ0n) is 36.2. The van der Waals surface area contributed by atoms with Crippen molar-refractivity contribution in [3.8, 4) is 33.4 Å². The van der Waals surface area contributed by atoms with Gasteiger partial charge in [-0.3, -0.25) is 0 Å². The molecule has 0 spiro atoms. The number of nitrogens with zero attached hydrogens (tertiary/aromatic N) is 1. The van der Waals surface area contributed by atoms with Crippen molar-refractivity contribution in [2.24, 2.45) is 0 Å². The Morgan fingerprint density at radius 2 is 1.30 bits per heavy atom. The lowest BCUT2D eigenvalue weighted by atomic mass is 9.74. The Balaban J connectivity index is 0.000000586. The van der Waals surface area contributed by atoms with E-state index < -0.39 is 0 Å². The van der Waals surface area contributed by atoms with Crippen molar-refractivity contribution in [1.82, 2.24) is 9.88 Å². The fourth-order valence-electron chi connectivity index (χ4n) is 8.02. The van der Waals surface area contributed by atoms with Crippen LogP contribution in [0.25, 0.3) is 56.4 Å². The highest BCUT2D eigenvalue weighted by Crippen LogP contribution is 2.55. The number of hydrogen-bond donors (Lipinski definition) is 1. The second-order valence-electron chi connectivity index (χ2n) is 13.9. The highest BCUT2D eigenvalue weighted by molar-refractivity contribution is 5.98. The lowest BCUT2D eigenvalue weighted by Gasteiger charge is -2.28. The number of benzene rings is 5. The van der Waals surface area contributed by atoms with Crippen LogP contribution in [0.4, 0.5) is 0 Å². The minimum absolute atomic E-state index is 0.204. The van der Waals surface area contributed by atoms with Gasteiger partial charge in [0.1, 0.15) is 0 Å². The standard InChI is InChI=1S/C45H43N.C6H11N.2C2H6/c1-5-8-14-29-46-42(18-7-3)37(17-6-2)39-31-33(27-28-43(39)46)32-19-15-20-34(30-32)36-24-16-26-41-44(36)38-23-12-13-25-40(38)45(41,4)35-21-10-9-11-22-35;1-3-5-6-7-4-2;2*1-2/h6-7,9-13,15-28,30-31H,5,8,14,29H2,1-4H3;3-5,7H,2,6H2,1H3;2*1-2H3/b17-6-,18-7-;5-3-;;. The number of aromatic nitrogens is 1. The van der Waals surface area contributed by atoms with Crippen LogP contribution in [0.3, 0.4) is 0 Å². The fraction of sp³-hybridized carbons (Fsp3) is 0.273. The summed E-state index contributed by atoms with van der Waals surface area (Å²) in [5.41, 5.74) is 15.5. The molecule has 0 bridgehead atoms. The maximum Gasteiger partial charge on any atom is 0.0491 e. The van der Waals surface area contributed by atoms with Gasteiger partial charge in [0.2, 0.25) is 0 Å². The third kappa shape index (κ3) is 9.51. The molecule has 1 unspecified atom stereocenters. The topological polar surface area (TPSA) is 17.0 Å². The molecular formula is C55H66N2. The summed E-state index contributed by atoms with van der Waals surface area (Å²) in [4.78, 5) is 0. The summed E-state index contributed by atoms with van der Waals surface area (Å²) in [6.07, 6.45) is 18.3. The number of aryl methyl sites for hydroxylation is 1. The molecule has 0 saturated heterocycles. The highest BCUT2D eigenvalue weighted by atomic mass is 15.0. The predicted octanol–water partition coefficient (Wildman–Crippen LogP) is 15.9. The van der Waals surface area contributed by atoms with Gasteiger partial charge >= 0.3 is 0 Å². The number of fused-ring (bicyclic) bond motifs is 4. The second kappa shape index (κ2) is 22.2. The molecule has 1 N–H and O–H groups in total. The van der Waals surface area contributed by atoms with Gasteiger partial charge in [-0.1, -0.05) is 181 Å². The van der Waals surface area contributed by atoms with Crippen molar-refractivity contribution < 1.29 is 0 Å². The molecule has 1 aliphatic carbocycles.